The van der Waals surface area contributed by atoms with Gasteiger partial charge in [0.25, 0.3) is 5.91 Å². The molecule has 1 aliphatic heterocycles. The van der Waals surface area contributed by atoms with E-state index in [1.165, 1.54) is 0 Å². The topological polar surface area (TPSA) is 62.6 Å². The Morgan fingerprint density at radius 3 is 2.61 bits per heavy atom. The van der Waals surface area contributed by atoms with E-state index in [-0.39, 0.29) is 17.7 Å². The maximum atomic E-state index is 13.2. The first-order valence-corrected chi connectivity index (χ1v) is 11.4. The van der Waals surface area contributed by atoms with Crippen molar-refractivity contribution in [2.24, 2.45) is 5.92 Å². The number of hydrogen-bond donors (Lipinski definition) is 1. The molecule has 5 nitrogen and oxygen atoms in total. The van der Waals surface area contributed by atoms with Crippen molar-refractivity contribution in [2.45, 2.75) is 25.8 Å². The van der Waals surface area contributed by atoms with E-state index in [1.807, 2.05) is 71.6 Å². The van der Waals surface area contributed by atoms with Gasteiger partial charge in [-0.2, -0.15) is 0 Å². The molecule has 164 valence electrons. The summed E-state index contributed by atoms with van der Waals surface area (Å²) in [5.41, 5.74) is 3.45. The predicted octanol–water partition coefficient (Wildman–Crippen LogP) is 5.65. The average molecular weight is 437 g/mol. The zero-order valence-electron chi connectivity index (χ0n) is 18.2. The lowest BCUT2D eigenvalue weighted by Crippen LogP contribution is -2.35. The fraction of sp³-hybridized carbons (Fsp3) is 0.214. The maximum Gasteiger partial charge on any atom is 0.254 e. The third-order valence-electron chi connectivity index (χ3n) is 6.51. The summed E-state index contributed by atoms with van der Waals surface area (Å²) in [5.74, 6) is 1.99. The molecule has 0 bridgehead atoms. The van der Waals surface area contributed by atoms with Gasteiger partial charge in [0.05, 0.1) is 0 Å². The molecule has 1 aromatic heterocycles. The van der Waals surface area contributed by atoms with Crippen molar-refractivity contribution in [3.05, 3.63) is 89.7 Å². The van der Waals surface area contributed by atoms with Gasteiger partial charge in [-0.1, -0.05) is 42.5 Å². The lowest BCUT2D eigenvalue weighted by atomic mass is 10.0. The molecule has 3 aromatic carbocycles. The largest absolute Gasteiger partial charge is 0.461 e. The van der Waals surface area contributed by atoms with Crippen LogP contribution in [0.25, 0.3) is 22.1 Å². The Labute approximate surface area is 192 Å². The Balaban J connectivity index is 1.21. The van der Waals surface area contributed by atoms with Gasteiger partial charge in [0.2, 0.25) is 5.91 Å². The minimum absolute atomic E-state index is 0.0407. The van der Waals surface area contributed by atoms with Crippen molar-refractivity contribution in [3.63, 3.8) is 0 Å². The van der Waals surface area contributed by atoms with Crippen molar-refractivity contribution in [1.82, 2.24) is 4.90 Å². The molecular weight excluding hydrogens is 412 g/mol. The third-order valence-corrected chi connectivity index (χ3v) is 6.51. The molecule has 33 heavy (non-hydrogen) atoms. The molecule has 2 heterocycles. The first-order chi connectivity index (χ1) is 16.1. The SMILES string of the molecule is O=C(Nc1cccc(-c2cc3c(o2)CCN(C(=O)c2ccc4ccccc4c2)C3)c1)C1CC1. The van der Waals surface area contributed by atoms with E-state index in [0.717, 1.165) is 51.9 Å². The summed E-state index contributed by atoms with van der Waals surface area (Å²) in [5, 5.41) is 5.19. The molecule has 1 N–H and O–H groups in total. The highest BCUT2D eigenvalue weighted by atomic mass is 16.3. The molecule has 5 heteroatoms. The molecule has 0 spiro atoms. The Kier molecular flexibility index (Phi) is 4.75. The third kappa shape index (κ3) is 3.91. The molecule has 1 aliphatic carbocycles. The van der Waals surface area contributed by atoms with Gasteiger partial charge >= 0.3 is 0 Å². The van der Waals surface area contributed by atoms with Crippen molar-refractivity contribution in [2.75, 3.05) is 11.9 Å². The van der Waals surface area contributed by atoms with Gasteiger partial charge < -0.3 is 14.6 Å². The van der Waals surface area contributed by atoms with Crippen molar-refractivity contribution >= 4 is 28.3 Å². The van der Waals surface area contributed by atoms with Crippen LogP contribution in [0.15, 0.2) is 77.2 Å². The fourth-order valence-electron chi connectivity index (χ4n) is 4.49. The van der Waals surface area contributed by atoms with E-state index in [9.17, 15) is 9.59 Å². The Bertz CT molecular complexity index is 1380. The molecule has 4 aromatic rings. The summed E-state index contributed by atoms with van der Waals surface area (Å²) in [7, 11) is 0. The Morgan fingerprint density at radius 2 is 1.76 bits per heavy atom. The summed E-state index contributed by atoms with van der Waals surface area (Å²) in [6, 6.07) is 23.7. The quantitative estimate of drug-likeness (QED) is 0.450. The number of hydrogen-bond acceptors (Lipinski definition) is 3. The van der Waals surface area contributed by atoms with Gasteiger partial charge in [0.15, 0.2) is 0 Å². The van der Waals surface area contributed by atoms with Gasteiger partial charge in [-0.15, -0.1) is 0 Å². The molecule has 2 amide bonds. The summed E-state index contributed by atoms with van der Waals surface area (Å²) in [6.45, 7) is 1.16. The first kappa shape index (κ1) is 19.8. The van der Waals surface area contributed by atoms with Gasteiger partial charge in [-0.25, -0.2) is 0 Å². The molecule has 0 radical (unpaired) electrons. The highest BCUT2D eigenvalue weighted by molar-refractivity contribution is 5.98. The van der Waals surface area contributed by atoms with Crippen LogP contribution >= 0.6 is 0 Å². The number of carbonyl (C=O) groups excluding carboxylic acids is 2. The van der Waals surface area contributed by atoms with Crippen LogP contribution in [0, 0.1) is 5.92 Å². The molecule has 1 fully saturated rings. The second-order valence-electron chi connectivity index (χ2n) is 8.94. The minimum atomic E-state index is 0.0407. The van der Waals surface area contributed by atoms with Crippen LogP contribution in [-0.4, -0.2) is 23.3 Å². The van der Waals surface area contributed by atoms with Crippen LogP contribution < -0.4 is 5.32 Å². The molecule has 2 aliphatic rings. The van der Waals surface area contributed by atoms with Crippen LogP contribution in [0.5, 0.6) is 0 Å². The first-order valence-electron chi connectivity index (χ1n) is 11.4. The minimum Gasteiger partial charge on any atom is -0.461 e. The lowest BCUT2D eigenvalue weighted by Gasteiger charge is -2.26. The Morgan fingerprint density at radius 1 is 0.909 bits per heavy atom. The highest BCUT2D eigenvalue weighted by Gasteiger charge is 2.30. The predicted molar refractivity (Wildman–Crippen MR) is 128 cm³/mol. The van der Waals surface area contributed by atoms with Gasteiger partial charge in [-0.05, 0) is 53.9 Å². The highest BCUT2D eigenvalue weighted by Crippen LogP contribution is 2.33. The number of benzene rings is 3. The maximum absolute atomic E-state index is 13.2. The molecule has 0 saturated heterocycles. The van der Waals surface area contributed by atoms with Crippen molar-refractivity contribution in [3.8, 4) is 11.3 Å². The van der Waals surface area contributed by atoms with E-state index in [0.29, 0.717) is 25.1 Å². The van der Waals surface area contributed by atoms with Gasteiger partial charge in [0, 0.05) is 47.8 Å². The average Bonchev–Trinajstić information content (AvgIpc) is 3.62. The second kappa shape index (κ2) is 7.93. The van der Waals surface area contributed by atoms with E-state index in [4.69, 9.17) is 4.42 Å². The van der Waals surface area contributed by atoms with Crippen molar-refractivity contribution in [1.29, 1.82) is 0 Å². The smallest absolute Gasteiger partial charge is 0.254 e. The van der Waals surface area contributed by atoms with Crippen LogP contribution in [0.4, 0.5) is 5.69 Å². The molecule has 0 unspecified atom stereocenters. The monoisotopic (exact) mass is 436 g/mol. The van der Waals surface area contributed by atoms with Gasteiger partial charge in [0.1, 0.15) is 11.5 Å². The van der Waals surface area contributed by atoms with Crippen LogP contribution in [0.1, 0.15) is 34.5 Å². The number of furan rings is 1. The van der Waals surface area contributed by atoms with E-state index >= 15 is 0 Å². The van der Waals surface area contributed by atoms with E-state index in [1.54, 1.807) is 0 Å². The van der Waals surface area contributed by atoms with E-state index < -0.39 is 0 Å². The summed E-state index contributed by atoms with van der Waals surface area (Å²) in [6.07, 6.45) is 2.64. The van der Waals surface area contributed by atoms with Crippen LogP contribution in [-0.2, 0) is 17.8 Å². The van der Waals surface area contributed by atoms with Gasteiger partial charge in [-0.3, -0.25) is 9.59 Å². The number of carbonyl (C=O) groups is 2. The number of nitrogens with one attached hydrogen (secondary N) is 1. The number of amides is 2. The number of rotatable bonds is 4. The van der Waals surface area contributed by atoms with Crippen LogP contribution in [0.2, 0.25) is 0 Å². The second-order valence-corrected chi connectivity index (χ2v) is 8.94. The Hall–Kier alpha value is -3.86. The lowest BCUT2D eigenvalue weighted by molar-refractivity contribution is -0.117. The molecule has 0 atom stereocenters. The standard InChI is InChI=1S/C28H24N2O3/c31-27(19-9-10-19)29-24-7-3-6-21(15-24)26-16-23-17-30(13-12-25(23)33-26)28(32)22-11-8-18-4-1-2-5-20(18)14-22/h1-8,11,14-16,19H,9-10,12-13,17H2,(H,29,31). The summed E-state index contributed by atoms with van der Waals surface area (Å²) >= 11 is 0. The normalized spacial score (nSPS) is 15.3. The van der Waals surface area contributed by atoms with Crippen LogP contribution in [0.3, 0.4) is 0 Å². The van der Waals surface area contributed by atoms with Crippen molar-refractivity contribution < 1.29 is 14.0 Å². The van der Waals surface area contributed by atoms with E-state index in [2.05, 4.69) is 11.4 Å². The number of anilines is 1. The summed E-state index contributed by atoms with van der Waals surface area (Å²) < 4.78 is 6.15. The zero-order chi connectivity index (χ0) is 22.4. The molecular formula is C28H24N2O3. The molecule has 6 rings (SSSR count). The number of nitrogens with zero attached hydrogens (tertiary/aromatic N) is 1. The zero-order valence-corrected chi connectivity index (χ0v) is 18.2. The molecule has 1 saturated carbocycles. The number of fused-ring (bicyclic) bond motifs is 2. The fourth-order valence-corrected chi connectivity index (χ4v) is 4.49. The summed E-state index contributed by atoms with van der Waals surface area (Å²) in [4.78, 5) is 27.2.